The van der Waals surface area contributed by atoms with Crippen molar-refractivity contribution in [1.82, 2.24) is 10.2 Å². The van der Waals surface area contributed by atoms with E-state index in [0.29, 0.717) is 6.04 Å². The van der Waals surface area contributed by atoms with Crippen molar-refractivity contribution in [2.45, 2.75) is 70.5 Å². The summed E-state index contributed by atoms with van der Waals surface area (Å²) in [6, 6.07) is 0.948. The lowest BCUT2D eigenvalue weighted by Gasteiger charge is -2.38. The average Bonchev–Trinajstić information content (AvgIpc) is 2.71. The predicted molar refractivity (Wildman–Crippen MR) is 77.8 cm³/mol. The maximum atomic E-state index is 11.8. The molecule has 0 aromatic rings. The number of likely N-dealkylation sites (tertiary alicyclic amines) is 1. The molecule has 1 saturated heterocycles. The Morgan fingerprint density at radius 2 is 2.05 bits per heavy atom. The van der Waals surface area contributed by atoms with Crippen molar-refractivity contribution in [3.8, 4) is 0 Å². The number of hydrogen-bond acceptors (Lipinski definition) is 3. The molecule has 0 aromatic heterocycles. The second-order valence-electron chi connectivity index (χ2n) is 6.87. The van der Waals surface area contributed by atoms with Gasteiger partial charge in [0.15, 0.2) is 0 Å². The second kappa shape index (κ2) is 5.80. The highest BCUT2D eigenvalue weighted by molar-refractivity contribution is 5.84. The topological polar surface area (TPSA) is 58.4 Å². The van der Waals surface area contributed by atoms with Crippen molar-refractivity contribution < 1.29 is 4.79 Å². The summed E-state index contributed by atoms with van der Waals surface area (Å²) in [5.74, 6) is 0.616. The molecule has 1 amide bonds. The lowest BCUT2D eigenvalue weighted by molar-refractivity contribution is -0.125. The first-order valence-corrected chi connectivity index (χ1v) is 7.74. The summed E-state index contributed by atoms with van der Waals surface area (Å²) >= 11 is 0. The minimum absolute atomic E-state index is 0.236. The Balaban J connectivity index is 2.03. The molecule has 2 fully saturated rings. The van der Waals surface area contributed by atoms with Crippen molar-refractivity contribution in [3.05, 3.63) is 0 Å². The zero-order valence-corrected chi connectivity index (χ0v) is 12.6. The molecule has 1 aliphatic heterocycles. The first kappa shape index (κ1) is 14.8. The van der Waals surface area contributed by atoms with Gasteiger partial charge in [-0.1, -0.05) is 12.8 Å². The fraction of sp³-hybridized carbons (Fsp3) is 0.933. The van der Waals surface area contributed by atoms with Crippen LogP contribution in [0.4, 0.5) is 0 Å². The van der Waals surface area contributed by atoms with Crippen molar-refractivity contribution in [2.75, 3.05) is 13.1 Å². The lowest BCUT2D eigenvalue weighted by atomic mass is 9.85. The molecule has 3 N–H and O–H groups in total. The van der Waals surface area contributed by atoms with Crippen LogP contribution in [0.25, 0.3) is 0 Å². The van der Waals surface area contributed by atoms with Gasteiger partial charge in [-0.3, -0.25) is 9.69 Å². The summed E-state index contributed by atoms with van der Waals surface area (Å²) in [4.78, 5) is 14.3. The first-order chi connectivity index (χ1) is 8.92. The number of nitrogens with zero attached hydrogens (tertiary/aromatic N) is 1. The summed E-state index contributed by atoms with van der Waals surface area (Å²) in [5.41, 5.74) is 5.03. The lowest BCUT2D eigenvalue weighted by Crippen LogP contribution is -2.62. The van der Waals surface area contributed by atoms with E-state index in [0.717, 1.165) is 19.0 Å². The maximum Gasteiger partial charge on any atom is 0.238 e. The number of fused-ring (bicyclic) bond motifs is 1. The Hall–Kier alpha value is -0.610. The molecule has 1 heterocycles. The quantitative estimate of drug-likeness (QED) is 0.793. The predicted octanol–water partition coefficient (Wildman–Crippen LogP) is 1.49. The van der Waals surface area contributed by atoms with Crippen molar-refractivity contribution in [2.24, 2.45) is 11.7 Å². The van der Waals surface area contributed by atoms with E-state index in [1.165, 1.54) is 32.1 Å². The highest BCUT2D eigenvalue weighted by Gasteiger charge is 2.41. The second-order valence-corrected chi connectivity index (χ2v) is 6.87. The number of hydrogen-bond donors (Lipinski definition) is 2. The third-order valence-electron chi connectivity index (χ3n) is 4.80. The first-order valence-electron chi connectivity index (χ1n) is 7.74. The van der Waals surface area contributed by atoms with Gasteiger partial charge in [0.2, 0.25) is 5.91 Å². The molecule has 1 aliphatic carbocycles. The number of nitrogens with one attached hydrogen (secondary N) is 1. The standard InChI is InChI=1S/C15H29N3O/c1-11(2)17-15(3,14(16)19)10-18-9-8-12-6-4-5-7-13(12)18/h11-13,17H,4-10H2,1-3H3,(H2,16,19). The molecule has 2 aliphatic rings. The Bertz CT molecular complexity index is 331. The molecule has 4 heteroatoms. The molecule has 4 nitrogen and oxygen atoms in total. The number of amides is 1. The average molecular weight is 267 g/mol. The summed E-state index contributed by atoms with van der Waals surface area (Å²) in [7, 11) is 0. The van der Waals surface area contributed by atoms with Gasteiger partial charge in [-0.05, 0) is 52.5 Å². The van der Waals surface area contributed by atoms with E-state index < -0.39 is 5.54 Å². The van der Waals surface area contributed by atoms with E-state index in [-0.39, 0.29) is 11.9 Å². The van der Waals surface area contributed by atoms with E-state index in [2.05, 4.69) is 24.1 Å². The van der Waals surface area contributed by atoms with E-state index in [9.17, 15) is 4.79 Å². The van der Waals surface area contributed by atoms with Gasteiger partial charge in [0, 0.05) is 18.6 Å². The van der Waals surface area contributed by atoms with Gasteiger partial charge in [-0.2, -0.15) is 0 Å². The highest BCUT2D eigenvalue weighted by Crippen LogP contribution is 2.36. The number of nitrogens with two attached hydrogens (primary N) is 1. The Kier molecular flexibility index (Phi) is 4.51. The van der Waals surface area contributed by atoms with Gasteiger partial charge in [0.25, 0.3) is 0 Å². The Morgan fingerprint density at radius 3 is 2.68 bits per heavy atom. The smallest absolute Gasteiger partial charge is 0.238 e. The van der Waals surface area contributed by atoms with Crippen LogP contribution in [-0.4, -0.2) is 41.5 Å². The molecule has 110 valence electrons. The highest BCUT2D eigenvalue weighted by atomic mass is 16.1. The van der Waals surface area contributed by atoms with Crippen LogP contribution in [0, 0.1) is 5.92 Å². The molecule has 3 unspecified atom stereocenters. The van der Waals surface area contributed by atoms with Crippen LogP contribution < -0.4 is 11.1 Å². The molecule has 19 heavy (non-hydrogen) atoms. The molecular formula is C15H29N3O. The van der Waals surface area contributed by atoms with E-state index >= 15 is 0 Å². The zero-order valence-electron chi connectivity index (χ0n) is 12.6. The van der Waals surface area contributed by atoms with E-state index in [1.807, 2.05) is 6.92 Å². The minimum Gasteiger partial charge on any atom is -0.368 e. The normalized spacial score (nSPS) is 31.2. The van der Waals surface area contributed by atoms with Crippen LogP contribution in [0.5, 0.6) is 0 Å². The largest absolute Gasteiger partial charge is 0.368 e. The SMILES string of the molecule is CC(C)NC(C)(CN1CCC2CCCCC21)C(N)=O. The number of primary amides is 1. The fourth-order valence-corrected chi connectivity index (χ4v) is 3.94. The van der Waals surface area contributed by atoms with Crippen LogP contribution in [0.3, 0.4) is 0 Å². The molecule has 0 aromatic carbocycles. The van der Waals surface area contributed by atoms with Gasteiger partial charge in [-0.15, -0.1) is 0 Å². The van der Waals surface area contributed by atoms with Crippen LogP contribution in [-0.2, 0) is 4.79 Å². The van der Waals surface area contributed by atoms with Crippen LogP contribution in [0.15, 0.2) is 0 Å². The molecule has 0 radical (unpaired) electrons. The molecule has 3 atom stereocenters. The van der Waals surface area contributed by atoms with Gasteiger partial charge >= 0.3 is 0 Å². The molecule has 0 bridgehead atoms. The fourth-order valence-electron chi connectivity index (χ4n) is 3.94. The molecule has 0 spiro atoms. The van der Waals surface area contributed by atoms with Gasteiger partial charge in [0.05, 0.1) is 0 Å². The minimum atomic E-state index is -0.611. The van der Waals surface area contributed by atoms with E-state index in [4.69, 9.17) is 5.73 Å². The summed E-state index contributed by atoms with van der Waals surface area (Å²) in [6.45, 7) is 7.95. The summed E-state index contributed by atoms with van der Waals surface area (Å²) < 4.78 is 0. The third-order valence-corrected chi connectivity index (χ3v) is 4.80. The van der Waals surface area contributed by atoms with Gasteiger partial charge in [0.1, 0.15) is 5.54 Å². The van der Waals surface area contributed by atoms with Crippen molar-refractivity contribution >= 4 is 5.91 Å². The number of carbonyl (C=O) groups is 1. The number of carbonyl (C=O) groups excluding carboxylic acids is 1. The maximum absolute atomic E-state index is 11.8. The number of rotatable bonds is 5. The Labute approximate surface area is 117 Å². The monoisotopic (exact) mass is 267 g/mol. The summed E-state index contributed by atoms with van der Waals surface area (Å²) in [6.07, 6.45) is 6.67. The molecular weight excluding hydrogens is 238 g/mol. The van der Waals surface area contributed by atoms with Crippen LogP contribution >= 0.6 is 0 Å². The third kappa shape index (κ3) is 3.29. The van der Waals surface area contributed by atoms with Crippen LogP contribution in [0.1, 0.15) is 52.9 Å². The van der Waals surface area contributed by atoms with Crippen LogP contribution in [0.2, 0.25) is 0 Å². The molecule has 1 saturated carbocycles. The molecule has 2 rings (SSSR count). The van der Waals surface area contributed by atoms with Crippen molar-refractivity contribution in [1.29, 1.82) is 0 Å². The van der Waals surface area contributed by atoms with Gasteiger partial charge in [-0.25, -0.2) is 0 Å². The van der Waals surface area contributed by atoms with Crippen molar-refractivity contribution in [3.63, 3.8) is 0 Å². The van der Waals surface area contributed by atoms with Gasteiger partial charge < -0.3 is 11.1 Å². The summed E-state index contributed by atoms with van der Waals surface area (Å²) in [5, 5.41) is 3.36. The van der Waals surface area contributed by atoms with E-state index in [1.54, 1.807) is 0 Å². The zero-order chi connectivity index (χ0) is 14.0. The Morgan fingerprint density at radius 1 is 1.37 bits per heavy atom.